The third kappa shape index (κ3) is 3.02. The molecule has 0 aromatic heterocycles. The third-order valence-corrected chi connectivity index (χ3v) is 4.37. The van der Waals surface area contributed by atoms with Gasteiger partial charge in [0.05, 0.1) is 5.69 Å². The van der Waals surface area contributed by atoms with E-state index in [1.54, 1.807) is 6.07 Å². The number of nitrogens with zero attached hydrogens (tertiary/aromatic N) is 1. The number of hydrogen-bond acceptors (Lipinski definition) is 2. The molecule has 0 amide bonds. The maximum absolute atomic E-state index is 14.2. The molecule has 1 aliphatic carbocycles. The van der Waals surface area contributed by atoms with Crippen molar-refractivity contribution >= 4 is 11.4 Å². The Morgan fingerprint density at radius 2 is 1.74 bits per heavy atom. The van der Waals surface area contributed by atoms with E-state index in [2.05, 4.69) is 10.2 Å². The Balaban J connectivity index is 1.67. The van der Waals surface area contributed by atoms with E-state index in [0.29, 0.717) is 6.04 Å². The monoisotopic (exact) mass is 262 g/mol. The Morgan fingerprint density at radius 1 is 1.00 bits per heavy atom. The third-order valence-electron chi connectivity index (χ3n) is 4.37. The van der Waals surface area contributed by atoms with Gasteiger partial charge in [0.1, 0.15) is 5.82 Å². The second-order valence-corrected chi connectivity index (χ2v) is 5.84. The van der Waals surface area contributed by atoms with Crippen LogP contribution in [0.4, 0.5) is 15.8 Å². The van der Waals surface area contributed by atoms with Gasteiger partial charge in [-0.2, -0.15) is 0 Å². The predicted molar refractivity (Wildman–Crippen MR) is 78.3 cm³/mol. The highest BCUT2D eigenvalue weighted by molar-refractivity contribution is 5.57. The van der Waals surface area contributed by atoms with Gasteiger partial charge < -0.3 is 10.2 Å². The zero-order valence-electron chi connectivity index (χ0n) is 11.5. The van der Waals surface area contributed by atoms with Crippen molar-refractivity contribution in [3.63, 3.8) is 0 Å². The van der Waals surface area contributed by atoms with E-state index >= 15 is 0 Å². The van der Waals surface area contributed by atoms with Crippen LogP contribution in [-0.2, 0) is 0 Å². The van der Waals surface area contributed by atoms with Crippen LogP contribution in [0.25, 0.3) is 0 Å². The molecule has 2 fully saturated rings. The summed E-state index contributed by atoms with van der Waals surface area (Å²) < 4.78 is 14.2. The first-order valence-electron chi connectivity index (χ1n) is 7.64. The summed E-state index contributed by atoms with van der Waals surface area (Å²) in [6.07, 6.45) is 8.74. The highest BCUT2D eigenvalue weighted by Gasteiger charge is 2.17. The van der Waals surface area contributed by atoms with Crippen molar-refractivity contribution in [1.82, 2.24) is 0 Å². The molecule has 0 atom stereocenters. The lowest BCUT2D eigenvalue weighted by Gasteiger charge is -2.25. The molecule has 3 heteroatoms. The van der Waals surface area contributed by atoms with Crippen molar-refractivity contribution in [3.8, 4) is 0 Å². The molecule has 1 N–H and O–H groups in total. The molecule has 1 saturated carbocycles. The zero-order chi connectivity index (χ0) is 13.1. The molecule has 0 spiro atoms. The lowest BCUT2D eigenvalue weighted by atomic mass is 9.95. The number of benzene rings is 1. The van der Waals surface area contributed by atoms with Gasteiger partial charge in [-0.15, -0.1) is 0 Å². The lowest BCUT2D eigenvalue weighted by molar-refractivity contribution is 0.462. The number of rotatable bonds is 3. The molecule has 2 nitrogen and oxygen atoms in total. The average Bonchev–Trinajstić information content (AvgIpc) is 2.94. The van der Waals surface area contributed by atoms with Crippen LogP contribution in [0.3, 0.4) is 0 Å². The Bertz CT molecular complexity index is 421. The van der Waals surface area contributed by atoms with Crippen LogP contribution in [-0.4, -0.2) is 19.1 Å². The van der Waals surface area contributed by atoms with Gasteiger partial charge in [0.2, 0.25) is 0 Å². The van der Waals surface area contributed by atoms with Gasteiger partial charge in [-0.25, -0.2) is 4.39 Å². The molecule has 104 valence electrons. The van der Waals surface area contributed by atoms with E-state index in [4.69, 9.17) is 0 Å². The van der Waals surface area contributed by atoms with E-state index in [9.17, 15) is 4.39 Å². The van der Waals surface area contributed by atoms with Crippen LogP contribution < -0.4 is 10.2 Å². The molecule has 0 unspecified atom stereocenters. The average molecular weight is 262 g/mol. The number of anilines is 2. The van der Waals surface area contributed by atoms with Gasteiger partial charge in [-0.05, 0) is 43.9 Å². The van der Waals surface area contributed by atoms with Crippen LogP contribution in [0, 0.1) is 5.82 Å². The van der Waals surface area contributed by atoms with Gasteiger partial charge in [-0.3, -0.25) is 0 Å². The number of nitrogens with one attached hydrogen (secondary N) is 1. The highest BCUT2D eigenvalue weighted by atomic mass is 19.1. The molecule has 1 aromatic carbocycles. The summed E-state index contributed by atoms with van der Waals surface area (Å²) in [7, 11) is 0. The molecular weight excluding hydrogens is 239 g/mol. The van der Waals surface area contributed by atoms with Crippen LogP contribution in [0.1, 0.15) is 44.9 Å². The van der Waals surface area contributed by atoms with Crippen molar-refractivity contribution in [3.05, 3.63) is 24.0 Å². The van der Waals surface area contributed by atoms with Crippen molar-refractivity contribution in [2.45, 2.75) is 51.0 Å². The quantitative estimate of drug-likeness (QED) is 0.879. The molecule has 1 saturated heterocycles. The summed E-state index contributed by atoms with van der Waals surface area (Å²) in [5, 5.41) is 3.48. The fourth-order valence-corrected chi connectivity index (χ4v) is 3.29. The standard InChI is InChI=1S/C16H23FN2/c17-15-12-14(18-13-6-2-1-3-7-13)8-9-16(15)19-10-4-5-11-19/h8-9,12-13,18H,1-7,10-11H2. The molecule has 1 heterocycles. The van der Waals surface area contributed by atoms with Crippen LogP contribution in [0.5, 0.6) is 0 Å². The normalized spacial score (nSPS) is 20.8. The van der Waals surface area contributed by atoms with Crippen molar-refractivity contribution in [2.24, 2.45) is 0 Å². The topological polar surface area (TPSA) is 15.3 Å². The first-order chi connectivity index (χ1) is 9.33. The molecule has 0 radical (unpaired) electrons. The lowest BCUT2D eigenvalue weighted by Crippen LogP contribution is -2.23. The minimum absolute atomic E-state index is 0.0808. The van der Waals surface area contributed by atoms with Gasteiger partial charge in [0.25, 0.3) is 0 Å². The Hall–Kier alpha value is -1.25. The Morgan fingerprint density at radius 3 is 2.42 bits per heavy atom. The zero-order valence-corrected chi connectivity index (χ0v) is 11.5. The Labute approximate surface area is 115 Å². The van der Waals surface area contributed by atoms with Crippen LogP contribution in [0.2, 0.25) is 0 Å². The number of hydrogen-bond donors (Lipinski definition) is 1. The minimum atomic E-state index is -0.0808. The summed E-state index contributed by atoms with van der Waals surface area (Å²) in [5.74, 6) is -0.0808. The fraction of sp³-hybridized carbons (Fsp3) is 0.625. The molecule has 1 aliphatic heterocycles. The summed E-state index contributed by atoms with van der Waals surface area (Å²) in [5.41, 5.74) is 1.71. The van der Waals surface area contributed by atoms with Gasteiger partial charge >= 0.3 is 0 Å². The molecule has 0 bridgehead atoms. The van der Waals surface area contributed by atoms with Crippen molar-refractivity contribution in [2.75, 3.05) is 23.3 Å². The van der Waals surface area contributed by atoms with Gasteiger partial charge in [0.15, 0.2) is 0 Å². The largest absolute Gasteiger partial charge is 0.382 e. The summed E-state index contributed by atoms with van der Waals surface area (Å²) in [6.45, 7) is 1.98. The SMILES string of the molecule is Fc1cc(NC2CCCCC2)ccc1N1CCCC1. The van der Waals surface area contributed by atoms with E-state index in [1.165, 1.54) is 44.9 Å². The van der Waals surface area contributed by atoms with Gasteiger partial charge in [-0.1, -0.05) is 19.3 Å². The Kier molecular flexibility index (Phi) is 3.90. The minimum Gasteiger partial charge on any atom is -0.382 e. The predicted octanol–water partition coefficient (Wildman–Crippen LogP) is 4.17. The van der Waals surface area contributed by atoms with Crippen LogP contribution in [0.15, 0.2) is 18.2 Å². The molecular formula is C16H23FN2. The summed E-state index contributed by atoms with van der Waals surface area (Å²) in [6, 6.07) is 6.17. The van der Waals surface area contributed by atoms with E-state index in [1.807, 2.05) is 12.1 Å². The highest BCUT2D eigenvalue weighted by Crippen LogP contribution is 2.28. The maximum atomic E-state index is 14.2. The smallest absolute Gasteiger partial charge is 0.148 e. The number of halogens is 1. The van der Waals surface area contributed by atoms with E-state index in [-0.39, 0.29) is 5.82 Å². The fourth-order valence-electron chi connectivity index (χ4n) is 3.29. The van der Waals surface area contributed by atoms with E-state index in [0.717, 1.165) is 24.5 Å². The molecule has 19 heavy (non-hydrogen) atoms. The first kappa shape index (κ1) is 12.8. The van der Waals surface area contributed by atoms with Crippen molar-refractivity contribution in [1.29, 1.82) is 0 Å². The molecule has 3 rings (SSSR count). The maximum Gasteiger partial charge on any atom is 0.148 e. The summed E-state index contributed by atoms with van der Waals surface area (Å²) in [4.78, 5) is 2.15. The second-order valence-electron chi connectivity index (χ2n) is 5.84. The first-order valence-corrected chi connectivity index (χ1v) is 7.64. The summed E-state index contributed by atoms with van der Waals surface area (Å²) >= 11 is 0. The molecule has 2 aliphatic rings. The second kappa shape index (κ2) is 5.81. The van der Waals surface area contributed by atoms with Gasteiger partial charge in [0, 0.05) is 24.8 Å². The van der Waals surface area contributed by atoms with Crippen LogP contribution >= 0.6 is 0 Å². The molecule has 1 aromatic rings. The van der Waals surface area contributed by atoms with Crippen molar-refractivity contribution < 1.29 is 4.39 Å². The van der Waals surface area contributed by atoms with E-state index < -0.39 is 0 Å².